The molecule has 1 heterocycles. The number of thioether (sulfide) groups is 1. The number of nitrogens with one attached hydrogen (secondary N) is 1. The molecule has 1 rings (SSSR count). The third-order valence-electron chi connectivity index (χ3n) is 1.66. The second-order valence-electron chi connectivity index (χ2n) is 3.10. The van der Waals surface area contributed by atoms with E-state index in [9.17, 15) is 14.4 Å². The number of carbonyl (C=O) groups is 3. The molecule has 0 aliphatic carbocycles. The second kappa shape index (κ2) is 4.45. The van der Waals surface area contributed by atoms with Crippen LogP contribution in [-0.4, -0.2) is 33.7 Å². The molecule has 0 spiro atoms. The highest BCUT2D eigenvalue weighted by Crippen LogP contribution is 2.27. The van der Waals surface area contributed by atoms with Crippen molar-refractivity contribution >= 4 is 29.4 Å². The Kier molecular flexibility index (Phi) is 3.51. The Balaban J connectivity index is 2.36. The van der Waals surface area contributed by atoms with Crippen molar-refractivity contribution in [1.82, 2.24) is 10.4 Å². The van der Waals surface area contributed by atoms with E-state index in [1.165, 1.54) is 30.6 Å². The SMILES string of the molecule is CC(=O)CS[C@@H]1CC(=O)N1NC(C)=O. The van der Waals surface area contributed by atoms with Crippen LogP contribution in [0.25, 0.3) is 0 Å². The minimum Gasteiger partial charge on any atom is -0.299 e. The number of ketones is 1. The molecule has 0 aromatic heterocycles. The molecule has 2 amide bonds. The third-order valence-corrected chi connectivity index (χ3v) is 3.00. The quantitative estimate of drug-likeness (QED) is 0.667. The van der Waals surface area contributed by atoms with E-state index in [0.717, 1.165) is 0 Å². The molecule has 1 N–H and O–H groups in total. The lowest BCUT2D eigenvalue weighted by Crippen LogP contribution is -2.59. The van der Waals surface area contributed by atoms with Gasteiger partial charge in [0.25, 0.3) is 0 Å². The zero-order valence-electron chi connectivity index (χ0n) is 8.07. The molecule has 0 aromatic rings. The van der Waals surface area contributed by atoms with E-state index in [2.05, 4.69) is 5.43 Å². The van der Waals surface area contributed by atoms with Crippen LogP contribution in [0.15, 0.2) is 0 Å². The maximum absolute atomic E-state index is 11.0. The van der Waals surface area contributed by atoms with Crippen molar-refractivity contribution in [2.24, 2.45) is 0 Å². The van der Waals surface area contributed by atoms with Crippen molar-refractivity contribution < 1.29 is 14.4 Å². The molecule has 78 valence electrons. The summed E-state index contributed by atoms with van der Waals surface area (Å²) in [7, 11) is 0. The van der Waals surface area contributed by atoms with Gasteiger partial charge in [0.05, 0.1) is 12.2 Å². The van der Waals surface area contributed by atoms with E-state index in [1.54, 1.807) is 0 Å². The third kappa shape index (κ3) is 2.73. The number of rotatable bonds is 4. The van der Waals surface area contributed by atoms with E-state index in [0.29, 0.717) is 12.2 Å². The lowest BCUT2D eigenvalue weighted by Gasteiger charge is -2.38. The summed E-state index contributed by atoms with van der Waals surface area (Å²) in [6, 6.07) is 0. The number of hydrogen-bond donors (Lipinski definition) is 1. The summed E-state index contributed by atoms with van der Waals surface area (Å²) in [6.07, 6.45) is 0.387. The van der Waals surface area contributed by atoms with Gasteiger partial charge >= 0.3 is 0 Å². The van der Waals surface area contributed by atoms with Crippen LogP contribution in [-0.2, 0) is 14.4 Å². The standard InChI is InChI=1S/C8H12N2O3S/c1-5(11)4-14-8-3-7(13)10(8)9-6(2)12/h8H,3-4H2,1-2H3,(H,9,12)/t8-/m1/s1. The van der Waals surface area contributed by atoms with Gasteiger partial charge in [0.1, 0.15) is 11.2 Å². The van der Waals surface area contributed by atoms with Gasteiger partial charge in [-0.1, -0.05) is 0 Å². The van der Waals surface area contributed by atoms with E-state index in [4.69, 9.17) is 0 Å². The first kappa shape index (κ1) is 11.0. The molecule has 0 bridgehead atoms. The second-order valence-corrected chi connectivity index (χ2v) is 4.27. The van der Waals surface area contributed by atoms with Gasteiger partial charge in [0.15, 0.2) is 0 Å². The van der Waals surface area contributed by atoms with Gasteiger partial charge in [-0.25, -0.2) is 5.01 Å². The monoisotopic (exact) mass is 216 g/mol. The van der Waals surface area contributed by atoms with Crippen LogP contribution in [0.2, 0.25) is 0 Å². The maximum Gasteiger partial charge on any atom is 0.245 e. The molecule has 1 aliphatic rings. The van der Waals surface area contributed by atoms with Gasteiger partial charge in [0, 0.05) is 6.92 Å². The normalized spacial score (nSPS) is 20.3. The van der Waals surface area contributed by atoms with Crippen LogP contribution in [0.5, 0.6) is 0 Å². The van der Waals surface area contributed by atoms with Crippen LogP contribution in [0.4, 0.5) is 0 Å². The van der Waals surface area contributed by atoms with E-state index < -0.39 is 0 Å². The van der Waals surface area contributed by atoms with Crippen LogP contribution in [0, 0.1) is 0 Å². The molecule has 0 unspecified atom stereocenters. The van der Waals surface area contributed by atoms with Crippen molar-refractivity contribution in [2.45, 2.75) is 25.6 Å². The van der Waals surface area contributed by atoms with Gasteiger partial charge in [-0.3, -0.25) is 19.8 Å². The number of nitrogens with zero attached hydrogens (tertiary/aromatic N) is 1. The van der Waals surface area contributed by atoms with Crippen LogP contribution >= 0.6 is 11.8 Å². The summed E-state index contributed by atoms with van der Waals surface area (Å²) in [6.45, 7) is 2.84. The molecule has 1 fully saturated rings. The Morgan fingerprint density at radius 1 is 1.57 bits per heavy atom. The van der Waals surface area contributed by atoms with Crippen molar-refractivity contribution in [3.63, 3.8) is 0 Å². The van der Waals surface area contributed by atoms with E-state index >= 15 is 0 Å². The number of carbonyl (C=O) groups excluding carboxylic acids is 3. The number of hydrogen-bond acceptors (Lipinski definition) is 4. The summed E-state index contributed by atoms with van der Waals surface area (Å²) in [4.78, 5) is 32.4. The lowest BCUT2D eigenvalue weighted by atomic mass is 10.2. The molecule has 5 nitrogen and oxygen atoms in total. The largest absolute Gasteiger partial charge is 0.299 e. The highest BCUT2D eigenvalue weighted by atomic mass is 32.2. The Hall–Kier alpha value is -1.04. The van der Waals surface area contributed by atoms with E-state index in [-0.39, 0.29) is 23.0 Å². The van der Waals surface area contributed by atoms with Crippen molar-refractivity contribution in [3.05, 3.63) is 0 Å². The zero-order chi connectivity index (χ0) is 10.7. The molecule has 14 heavy (non-hydrogen) atoms. The summed E-state index contributed by atoms with van der Waals surface area (Å²) >= 11 is 1.37. The average Bonchev–Trinajstić information content (AvgIpc) is 2.07. The molecular weight excluding hydrogens is 204 g/mol. The van der Waals surface area contributed by atoms with Crippen LogP contribution < -0.4 is 5.43 Å². The molecule has 0 aromatic carbocycles. The smallest absolute Gasteiger partial charge is 0.245 e. The van der Waals surface area contributed by atoms with Gasteiger partial charge in [-0.15, -0.1) is 11.8 Å². The summed E-state index contributed by atoms with van der Waals surface area (Å²) in [5.41, 5.74) is 2.42. The van der Waals surface area contributed by atoms with Crippen LogP contribution in [0.3, 0.4) is 0 Å². The zero-order valence-corrected chi connectivity index (χ0v) is 8.89. The first-order valence-corrected chi connectivity index (χ1v) is 5.26. The first-order valence-electron chi connectivity index (χ1n) is 4.21. The van der Waals surface area contributed by atoms with Gasteiger partial charge in [-0.2, -0.15) is 0 Å². The highest BCUT2D eigenvalue weighted by Gasteiger charge is 2.37. The van der Waals surface area contributed by atoms with Crippen molar-refractivity contribution in [2.75, 3.05) is 5.75 Å². The number of hydrazine groups is 1. The Morgan fingerprint density at radius 3 is 2.64 bits per heavy atom. The van der Waals surface area contributed by atoms with E-state index in [1.807, 2.05) is 0 Å². The van der Waals surface area contributed by atoms with Gasteiger partial charge in [0.2, 0.25) is 11.8 Å². The maximum atomic E-state index is 11.0. The number of β-lactam (4-membered cyclic amide) rings is 1. The summed E-state index contributed by atoms with van der Waals surface area (Å²) in [5, 5.41) is 1.19. The fourth-order valence-electron chi connectivity index (χ4n) is 1.04. The lowest BCUT2D eigenvalue weighted by molar-refractivity contribution is -0.151. The topological polar surface area (TPSA) is 66.5 Å². The predicted molar refractivity (Wildman–Crippen MR) is 52.2 cm³/mol. The minimum atomic E-state index is -0.272. The average molecular weight is 216 g/mol. The van der Waals surface area contributed by atoms with Crippen LogP contribution in [0.1, 0.15) is 20.3 Å². The molecule has 6 heteroatoms. The highest BCUT2D eigenvalue weighted by molar-refractivity contribution is 8.00. The Labute approximate surface area is 86.2 Å². The minimum absolute atomic E-state index is 0.0668. The molecule has 0 saturated carbocycles. The molecule has 0 radical (unpaired) electrons. The first-order chi connectivity index (χ1) is 6.50. The van der Waals surface area contributed by atoms with Crippen molar-refractivity contribution in [3.8, 4) is 0 Å². The summed E-state index contributed by atoms with van der Waals surface area (Å²) < 4.78 is 0. The van der Waals surface area contributed by atoms with Gasteiger partial charge < -0.3 is 0 Å². The molecule has 1 atom stereocenters. The Bertz CT molecular complexity index is 280. The fourth-order valence-corrected chi connectivity index (χ4v) is 2.05. The van der Waals surface area contributed by atoms with Gasteiger partial charge in [-0.05, 0) is 6.92 Å². The number of Topliss-reactive ketones (excluding diaryl/α,β-unsaturated/α-hetero) is 1. The fraction of sp³-hybridized carbons (Fsp3) is 0.625. The van der Waals surface area contributed by atoms with Crippen molar-refractivity contribution in [1.29, 1.82) is 0 Å². The number of amides is 2. The Morgan fingerprint density at radius 2 is 2.21 bits per heavy atom. The molecule has 1 aliphatic heterocycles. The molecule has 1 saturated heterocycles. The molecular formula is C8H12N2O3S. The summed E-state index contributed by atoms with van der Waals surface area (Å²) in [5.74, 6) is 0.0541. The predicted octanol–water partition coefficient (Wildman–Crippen LogP) is -0.0819.